The lowest BCUT2D eigenvalue weighted by Gasteiger charge is -2.26. The summed E-state index contributed by atoms with van der Waals surface area (Å²) in [7, 11) is -4.04. The molecule has 0 heterocycles. The molecule has 1 aromatic rings. The van der Waals surface area contributed by atoms with Crippen LogP contribution in [0.4, 0.5) is 13.2 Å². The van der Waals surface area contributed by atoms with E-state index < -0.39 is 27.4 Å². The third kappa shape index (κ3) is 4.88. The molecule has 0 aliphatic carbocycles. The zero-order valence-corrected chi connectivity index (χ0v) is 11.7. The van der Waals surface area contributed by atoms with Crippen molar-refractivity contribution in [2.24, 2.45) is 0 Å². The smallest absolute Gasteiger partial charge is 0.376 e. The van der Waals surface area contributed by atoms with Gasteiger partial charge < -0.3 is 5.11 Å². The van der Waals surface area contributed by atoms with Gasteiger partial charge in [0, 0.05) is 6.26 Å². The van der Waals surface area contributed by atoms with Crippen molar-refractivity contribution in [1.82, 2.24) is 0 Å². The maximum absolute atomic E-state index is 12.8. The zero-order chi connectivity index (χ0) is 16.3. The Bertz CT molecular complexity index is 672. The Kier molecular flexibility index (Phi) is 4.81. The fourth-order valence-corrected chi connectivity index (χ4v) is 2.59. The molecule has 0 bridgehead atoms. The van der Waals surface area contributed by atoms with Crippen molar-refractivity contribution in [1.29, 1.82) is 5.26 Å². The fourth-order valence-electron chi connectivity index (χ4n) is 1.53. The summed E-state index contributed by atoms with van der Waals surface area (Å²) < 4.78 is 60.7. The molecule has 1 aromatic carbocycles. The second-order valence-corrected chi connectivity index (χ2v) is 6.70. The van der Waals surface area contributed by atoms with Gasteiger partial charge in [0.2, 0.25) is 0 Å². The Morgan fingerprint density at radius 3 is 2.19 bits per heavy atom. The van der Waals surface area contributed by atoms with Crippen LogP contribution in [-0.2, 0) is 9.84 Å². The molecular weight excluding hydrogens is 307 g/mol. The number of hydrogen-bond donors (Lipinski definition) is 1. The summed E-state index contributed by atoms with van der Waals surface area (Å²) in [6, 6.07) is 7.40. The lowest BCUT2D eigenvalue weighted by atomic mass is 10.0. The van der Waals surface area contributed by atoms with Crippen molar-refractivity contribution in [2.75, 3.05) is 12.0 Å². The fraction of sp³-hybridized carbons (Fsp3) is 0.308. The first-order valence-electron chi connectivity index (χ1n) is 5.63. The third-order valence-corrected chi connectivity index (χ3v) is 3.53. The zero-order valence-electron chi connectivity index (χ0n) is 10.9. The van der Waals surface area contributed by atoms with Crippen molar-refractivity contribution in [2.45, 2.75) is 11.8 Å². The molecule has 1 N–H and O–H groups in total. The first-order chi connectivity index (χ1) is 9.47. The molecule has 0 aromatic heterocycles. The quantitative estimate of drug-likeness (QED) is 0.919. The number of aliphatic hydroxyl groups is 1. The van der Waals surface area contributed by atoms with Crippen molar-refractivity contribution in [3.63, 3.8) is 0 Å². The topological polar surface area (TPSA) is 78.2 Å². The van der Waals surface area contributed by atoms with Crippen LogP contribution in [0.3, 0.4) is 0 Å². The number of sulfone groups is 1. The largest absolute Gasteiger partial charge is 0.421 e. The summed E-state index contributed by atoms with van der Waals surface area (Å²) in [5, 5.41) is 18.2. The Hall–Kier alpha value is -1.85. The Balaban J connectivity index is 3.12. The summed E-state index contributed by atoms with van der Waals surface area (Å²) in [6.45, 7) is 0. The van der Waals surface area contributed by atoms with Crippen LogP contribution in [0, 0.1) is 11.3 Å². The van der Waals surface area contributed by atoms with Gasteiger partial charge in [-0.15, -0.1) is 0 Å². The molecule has 0 radical (unpaired) electrons. The summed E-state index contributed by atoms with van der Waals surface area (Å²) >= 11 is 0. The van der Waals surface area contributed by atoms with Gasteiger partial charge in [-0.05, 0) is 23.8 Å². The van der Waals surface area contributed by atoms with E-state index in [4.69, 9.17) is 5.26 Å². The maximum atomic E-state index is 12.8. The monoisotopic (exact) mass is 319 g/mol. The molecule has 0 aliphatic rings. The molecular formula is C13H12F3NO3S. The molecule has 1 unspecified atom stereocenters. The number of nitriles is 1. The minimum atomic E-state index is -5.13. The van der Waals surface area contributed by atoms with Gasteiger partial charge in [0.1, 0.15) is 0 Å². The highest BCUT2D eigenvalue weighted by Crippen LogP contribution is 2.33. The molecule has 0 saturated carbocycles. The van der Waals surface area contributed by atoms with E-state index in [1.54, 1.807) is 0 Å². The van der Waals surface area contributed by atoms with E-state index in [1.165, 1.54) is 24.3 Å². The predicted molar refractivity (Wildman–Crippen MR) is 70.9 cm³/mol. The van der Waals surface area contributed by atoms with E-state index in [1.807, 2.05) is 6.07 Å². The number of benzene rings is 1. The predicted octanol–water partition coefficient (Wildman–Crippen LogP) is 1.91. The molecule has 4 nitrogen and oxygen atoms in total. The average molecular weight is 319 g/mol. The minimum absolute atomic E-state index is 0.296. The number of nitrogens with zero attached hydrogens (tertiary/aromatic N) is 1. The summed E-state index contributed by atoms with van der Waals surface area (Å²) in [6.07, 6.45) is -3.16. The van der Waals surface area contributed by atoms with Crippen molar-refractivity contribution < 1.29 is 26.7 Å². The van der Waals surface area contributed by atoms with Gasteiger partial charge in [-0.1, -0.05) is 18.2 Å². The number of alkyl halides is 3. The van der Waals surface area contributed by atoms with Gasteiger partial charge in [-0.3, -0.25) is 0 Å². The Morgan fingerprint density at radius 2 is 1.81 bits per heavy atom. The van der Waals surface area contributed by atoms with Crippen molar-refractivity contribution >= 4 is 15.9 Å². The van der Waals surface area contributed by atoms with E-state index in [2.05, 4.69) is 0 Å². The molecule has 8 heteroatoms. The molecule has 0 aliphatic heterocycles. The van der Waals surface area contributed by atoms with Gasteiger partial charge >= 0.3 is 6.18 Å². The van der Waals surface area contributed by atoms with Gasteiger partial charge in [0.15, 0.2) is 15.4 Å². The second kappa shape index (κ2) is 5.87. The summed E-state index contributed by atoms with van der Waals surface area (Å²) in [5.41, 5.74) is -2.84. The minimum Gasteiger partial charge on any atom is -0.376 e. The highest BCUT2D eigenvalue weighted by Gasteiger charge is 2.53. The van der Waals surface area contributed by atoms with E-state index in [-0.39, 0.29) is 0 Å². The van der Waals surface area contributed by atoms with Crippen molar-refractivity contribution in [3.05, 3.63) is 41.5 Å². The van der Waals surface area contributed by atoms with Crippen LogP contribution in [0.25, 0.3) is 6.08 Å². The number of hydrogen-bond acceptors (Lipinski definition) is 4. The molecule has 0 fully saturated rings. The SMILES string of the molecule is CS(=O)(=O)CC(O)(/C=C/c1ccc(C#N)cc1)C(F)(F)F. The Labute approximate surface area is 120 Å². The molecule has 1 rings (SSSR count). The number of rotatable bonds is 4. The highest BCUT2D eigenvalue weighted by molar-refractivity contribution is 7.90. The molecule has 0 amide bonds. The molecule has 0 spiro atoms. The molecule has 21 heavy (non-hydrogen) atoms. The van der Waals surface area contributed by atoms with E-state index in [9.17, 15) is 26.7 Å². The lowest BCUT2D eigenvalue weighted by molar-refractivity contribution is -0.230. The maximum Gasteiger partial charge on any atom is 0.421 e. The second-order valence-electron chi connectivity index (χ2n) is 4.56. The normalized spacial score (nSPS) is 15.6. The van der Waals surface area contributed by atoms with Gasteiger partial charge in [0.25, 0.3) is 0 Å². The molecule has 0 saturated heterocycles. The van der Waals surface area contributed by atoms with E-state index in [0.29, 0.717) is 23.5 Å². The Morgan fingerprint density at radius 1 is 1.29 bits per heavy atom. The first-order valence-corrected chi connectivity index (χ1v) is 7.69. The van der Waals surface area contributed by atoms with Gasteiger partial charge in [-0.2, -0.15) is 18.4 Å². The van der Waals surface area contributed by atoms with E-state index in [0.717, 1.165) is 6.08 Å². The highest BCUT2D eigenvalue weighted by atomic mass is 32.2. The summed E-state index contributed by atoms with van der Waals surface area (Å²) in [4.78, 5) is 0. The van der Waals surface area contributed by atoms with Gasteiger partial charge in [0.05, 0.1) is 17.4 Å². The lowest BCUT2D eigenvalue weighted by Crippen LogP contribution is -2.48. The van der Waals surface area contributed by atoms with Crippen LogP contribution in [0.5, 0.6) is 0 Å². The molecule has 1 atom stereocenters. The van der Waals surface area contributed by atoms with Crippen LogP contribution >= 0.6 is 0 Å². The van der Waals surface area contributed by atoms with Gasteiger partial charge in [-0.25, -0.2) is 8.42 Å². The van der Waals surface area contributed by atoms with Crippen LogP contribution in [0.1, 0.15) is 11.1 Å². The van der Waals surface area contributed by atoms with Crippen LogP contribution in [0.15, 0.2) is 30.3 Å². The number of halogens is 3. The van der Waals surface area contributed by atoms with Crippen LogP contribution < -0.4 is 0 Å². The van der Waals surface area contributed by atoms with E-state index >= 15 is 0 Å². The third-order valence-electron chi connectivity index (χ3n) is 2.56. The van der Waals surface area contributed by atoms with Crippen molar-refractivity contribution in [3.8, 4) is 6.07 Å². The first kappa shape index (κ1) is 17.2. The van der Waals surface area contributed by atoms with Crippen LogP contribution in [-0.4, -0.2) is 37.3 Å². The summed E-state index contributed by atoms with van der Waals surface area (Å²) in [5.74, 6) is -1.46. The average Bonchev–Trinajstić information content (AvgIpc) is 2.33. The molecule has 114 valence electrons. The standard InChI is InChI=1S/C13H12F3NO3S/c1-21(19,20)9-12(18,13(14,15)16)7-6-10-2-4-11(8-17)5-3-10/h2-7,18H,9H2,1H3/b7-6+. The van der Waals surface area contributed by atoms with Crippen LogP contribution in [0.2, 0.25) is 0 Å².